The van der Waals surface area contributed by atoms with E-state index in [2.05, 4.69) is 69.2 Å². The highest BCUT2D eigenvalue weighted by Gasteiger charge is 2.29. The summed E-state index contributed by atoms with van der Waals surface area (Å²) in [5.41, 5.74) is 57.2. The smallest absolute Gasteiger partial charge is 0.248 e. The lowest BCUT2D eigenvalue weighted by atomic mass is 9.96. The summed E-state index contributed by atoms with van der Waals surface area (Å²) in [5.74, 6) is 5.33. The number of pyridine rings is 1. The number of sulfonamides is 1. The molecule has 0 spiro atoms. The van der Waals surface area contributed by atoms with E-state index in [9.17, 15) is 18.3 Å². The molecule has 5 unspecified atom stereocenters. The van der Waals surface area contributed by atoms with Crippen molar-refractivity contribution in [2.75, 3.05) is 127 Å². The summed E-state index contributed by atoms with van der Waals surface area (Å²) in [4.78, 5) is 48.3. The molecule has 0 saturated carbocycles. The van der Waals surface area contributed by atoms with Crippen LogP contribution in [0.5, 0.6) is 0 Å². The molecule has 18 N–H and O–H groups in total. The van der Waals surface area contributed by atoms with Gasteiger partial charge in [0, 0.05) is 166 Å². The summed E-state index contributed by atoms with van der Waals surface area (Å²) >= 11 is 1.67. The molecule has 21 rings (SSSR count). The minimum atomic E-state index is -3.46. The van der Waals surface area contributed by atoms with Crippen molar-refractivity contribution < 1.29 is 18.3 Å². The second-order valence-corrected chi connectivity index (χ2v) is 37.1. The first kappa shape index (κ1) is 88.7. The molecule has 0 radical (unpaired) electrons. The summed E-state index contributed by atoms with van der Waals surface area (Å²) in [6, 6.07) is 45.7. The number of anilines is 6. The van der Waals surface area contributed by atoms with Crippen LogP contribution in [-0.4, -0.2) is 200 Å². The summed E-state index contributed by atoms with van der Waals surface area (Å²) < 4.78 is 34.2. The first-order valence-electron chi connectivity index (χ1n) is 44.2. The number of hydrogen-bond donors (Lipinski definition) is 12. The SMILES string of the molecule is CN(C)S(=O)(=O)c1ccc(-c2cnn3c(N)cc(C4CCCNC4)nc23)cc1.CN(C)c1ccc(-c2cnn3c(N)cc(C4CCCNC4)nc23)cn1.Cc1nc(-c2ccccc2)sc1-c1cnn2c(N)cc(C3CCCNC3)nc12.NC(=O)c1ccc(-c2cnn3c(N)cc(C4CCCNC4)nc23)cc1.Nc1cc(C2CCCNC2)nc2c(-c3ccc(CO)cc3)cnn12. The van der Waals surface area contributed by atoms with Crippen molar-refractivity contribution >= 4 is 90.4 Å². The van der Waals surface area contributed by atoms with Crippen molar-refractivity contribution in [3.8, 4) is 65.5 Å². The van der Waals surface area contributed by atoms with Crippen LogP contribution in [0, 0.1) is 6.92 Å². The van der Waals surface area contributed by atoms with Gasteiger partial charge >= 0.3 is 0 Å². The van der Waals surface area contributed by atoms with E-state index in [-0.39, 0.29) is 11.5 Å². The molecule has 672 valence electrons. The molecule has 34 nitrogen and oxygen atoms in total. The number of piperidine rings is 5. The predicted molar refractivity (Wildman–Crippen MR) is 512 cm³/mol. The van der Waals surface area contributed by atoms with Crippen molar-refractivity contribution in [3.63, 3.8) is 0 Å². The van der Waals surface area contributed by atoms with Crippen LogP contribution in [0.15, 0.2) is 188 Å². The van der Waals surface area contributed by atoms with Crippen molar-refractivity contribution in [3.05, 3.63) is 228 Å². The number of carbonyl (C=O) groups is 1. The van der Waals surface area contributed by atoms with Crippen LogP contribution in [0.4, 0.5) is 34.9 Å². The van der Waals surface area contributed by atoms with E-state index in [0.29, 0.717) is 69.9 Å². The van der Waals surface area contributed by atoms with Gasteiger partial charge in [0.1, 0.15) is 39.9 Å². The highest BCUT2D eigenvalue weighted by atomic mass is 32.2. The number of benzene rings is 4. The maximum Gasteiger partial charge on any atom is 0.248 e. The Morgan fingerprint density at radius 2 is 0.754 bits per heavy atom. The number of aliphatic hydroxyl groups excluding tert-OH is 1. The van der Waals surface area contributed by atoms with Crippen LogP contribution in [0.2, 0.25) is 0 Å². The highest BCUT2D eigenvalue weighted by Crippen LogP contribution is 2.40. The number of carbonyl (C=O) groups excluding carboxylic acids is 1. The first-order chi connectivity index (χ1) is 63.1. The molecule has 0 bridgehead atoms. The van der Waals surface area contributed by atoms with Crippen LogP contribution in [0.25, 0.3) is 93.8 Å². The zero-order chi connectivity index (χ0) is 90.3. The number of thiazole rings is 1. The third-order valence-electron chi connectivity index (χ3n) is 24.6. The van der Waals surface area contributed by atoms with Gasteiger partial charge in [-0.3, -0.25) is 4.79 Å². The summed E-state index contributed by atoms with van der Waals surface area (Å²) in [6.07, 6.45) is 22.1. The van der Waals surface area contributed by atoms with E-state index < -0.39 is 15.9 Å². The van der Waals surface area contributed by atoms with Gasteiger partial charge in [0.2, 0.25) is 15.9 Å². The van der Waals surface area contributed by atoms with Gasteiger partial charge in [0.05, 0.1) is 87.1 Å². The van der Waals surface area contributed by atoms with Crippen LogP contribution in [0.1, 0.15) is 144 Å². The van der Waals surface area contributed by atoms with Gasteiger partial charge in [0.15, 0.2) is 28.2 Å². The van der Waals surface area contributed by atoms with E-state index in [4.69, 9.17) is 64.3 Å². The number of nitrogen functional groups attached to an aromatic ring is 5. The molecule has 4 aromatic carbocycles. The molecule has 16 aromatic rings. The van der Waals surface area contributed by atoms with E-state index in [1.807, 2.05) is 142 Å². The maximum absolute atomic E-state index is 12.3. The average molecular weight is 1790 g/mol. The fourth-order valence-corrected chi connectivity index (χ4v) is 19.3. The van der Waals surface area contributed by atoms with Gasteiger partial charge in [-0.05, 0) is 163 Å². The zero-order valence-corrected chi connectivity index (χ0v) is 75.1. The Kier molecular flexibility index (Phi) is 26.8. The van der Waals surface area contributed by atoms with Crippen molar-refractivity contribution in [1.82, 2.24) is 114 Å². The van der Waals surface area contributed by atoms with Gasteiger partial charge in [-0.2, -0.15) is 48.1 Å². The Bertz CT molecular complexity index is 6760. The molecule has 130 heavy (non-hydrogen) atoms. The number of nitrogens with zero attached hydrogens (tertiary/aromatic N) is 19. The number of aromatic nitrogens is 17. The minimum Gasteiger partial charge on any atom is -0.392 e. The van der Waals surface area contributed by atoms with Crippen LogP contribution in [-0.2, 0) is 16.6 Å². The molecule has 5 atom stereocenters. The molecule has 5 aliphatic heterocycles. The van der Waals surface area contributed by atoms with Crippen LogP contribution < -0.4 is 65.9 Å². The number of fused-ring (bicyclic) bond motifs is 5. The monoisotopic (exact) mass is 1790 g/mol. The van der Waals surface area contributed by atoms with Crippen molar-refractivity contribution in [1.29, 1.82) is 0 Å². The number of rotatable bonds is 16. The number of nitrogens with two attached hydrogens (primary N) is 6. The second kappa shape index (κ2) is 39.3. The summed E-state index contributed by atoms with van der Waals surface area (Å²) in [5, 5.41) is 49.4. The molecule has 36 heteroatoms. The molecular formula is C94H110N30O4S2. The number of aryl methyl sites for hydroxylation is 1. The van der Waals surface area contributed by atoms with Crippen molar-refractivity contribution in [2.45, 2.75) is 112 Å². The molecule has 0 aliphatic carbocycles. The standard InChI is InChI=1S/C21H22N6S.C19H24N6O2S.C18H23N7.C18H20N6O.C18H21N5O/c1-13-19(28-21(25-13)14-6-3-2-4-7-14)16-12-24-27-18(22)10-17(26-20(16)27)15-8-5-9-23-11-15;1-24(2)28(26,27)15-7-5-13(6-8-15)16-12-22-25-18(20)10-17(23-19(16)25)14-4-3-9-21-11-14;1-24(2)17-6-5-12(10-21-17)14-11-22-25-16(19)8-15(23-18(14)25)13-4-3-7-20-9-13;19-16-8-15(13-2-1-7-21-9-13)23-18-14(10-22-24(16)18)11-3-5-12(6-4-11)17(20)25;19-17-8-16(14-2-1-7-20-9-14)22-18-15(10-21-23(17)18)13-5-3-12(11-24)4-6-13/h2-4,6-7,10,12,15,23H,5,8-9,11,22H2,1H3;5-8,10,12,14,21H,3-4,9,11,20H2,1-2H3;5-6,8,10-11,13,20H,3-4,7,9,19H2,1-2H3;3-6,8,10,13,21H,1-2,7,9,19H2,(H2,20,25);3-6,8,10,14,20,24H,1-2,7,9,11,19H2. The molecular weight excluding hydrogens is 1680 g/mol. The third-order valence-corrected chi connectivity index (χ3v) is 27.7. The van der Waals surface area contributed by atoms with E-state index in [1.165, 1.54) is 24.8 Å². The molecule has 5 saturated heterocycles. The summed E-state index contributed by atoms with van der Waals surface area (Å²) in [7, 11) is 3.52. The molecule has 1 amide bonds. The molecule has 5 aliphatic rings. The molecule has 17 heterocycles. The largest absolute Gasteiger partial charge is 0.392 e. The number of aliphatic hydroxyl groups is 1. The topological polar surface area (TPSA) is 471 Å². The van der Waals surface area contributed by atoms with Crippen molar-refractivity contribution in [2.24, 2.45) is 5.73 Å². The maximum atomic E-state index is 12.3. The van der Waals surface area contributed by atoms with E-state index in [1.54, 1.807) is 88.9 Å². The Morgan fingerprint density at radius 3 is 1.07 bits per heavy atom. The van der Waals surface area contributed by atoms with Gasteiger partial charge in [0.25, 0.3) is 0 Å². The number of amides is 1. The lowest BCUT2D eigenvalue weighted by Crippen LogP contribution is -2.29. The average Bonchev–Trinajstić information content (AvgIpc) is 1.62. The molecule has 5 fully saturated rings. The van der Waals surface area contributed by atoms with Gasteiger partial charge in [-0.25, -0.2) is 47.6 Å². The van der Waals surface area contributed by atoms with Gasteiger partial charge < -0.3 is 71.0 Å². The number of primary amides is 1. The second-order valence-electron chi connectivity index (χ2n) is 33.9. The fourth-order valence-electron chi connectivity index (χ4n) is 17.4. The Hall–Kier alpha value is -13.3. The number of hydrogen-bond acceptors (Lipinski definition) is 28. The Balaban J connectivity index is 0.000000114. The quantitative estimate of drug-likeness (QED) is 0.0427. The lowest BCUT2D eigenvalue weighted by Gasteiger charge is -2.22. The number of nitrogens with one attached hydrogen (secondary N) is 5. The Morgan fingerprint density at radius 1 is 0.423 bits per heavy atom. The van der Waals surface area contributed by atoms with Gasteiger partial charge in [-0.1, -0.05) is 78.9 Å². The van der Waals surface area contributed by atoms with Crippen LogP contribution >= 0.6 is 11.3 Å². The summed E-state index contributed by atoms with van der Waals surface area (Å²) in [6.45, 7) is 12.1. The minimum absolute atomic E-state index is 0.0407. The van der Waals surface area contributed by atoms with Gasteiger partial charge in [-0.15, -0.1) is 11.3 Å². The first-order valence-corrected chi connectivity index (χ1v) is 46.4. The zero-order valence-electron chi connectivity index (χ0n) is 73.5. The Labute approximate surface area is 756 Å². The predicted octanol–water partition coefficient (Wildman–Crippen LogP) is 11.0. The normalized spacial score (nSPS) is 17.8. The highest BCUT2D eigenvalue weighted by molar-refractivity contribution is 7.89. The molecule has 12 aromatic heterocycles. The van der Waals surface area contributed by atoms with E-state index >= 15 is 0 Å². The lowest BCUT2D eigenvalue weighted by molar-refractivity contribution is 0.1000. The fraction of sp³-hybridized carbons (Fsp3) is 0.330. The third kappa shape index (κ3) is 19.2. The van der Waals surface area contributed by atoms with E-state index in [0.717, 1.165) is 257 Å². The van der Waals surface area contributed by atoms with Crippen LogP contribution in [0.3, 0.4) is 0 Å².